The quantitative estimate of drug-likeness (QED) is 0.591. The Labute approximate surface area is 123 Å². The molecule has 0 aliphatic heterocycles. The van der Waals surface area contributed by atoms with Gasteiger partial charge in [0.05, 0.1) is 27.0 Å². The Balaban J connectivity index is 2.48. The maximum atomic E-state index is 11.8. The lowest BCUT2D eigenvalue weighted by molar-refractivity contribution is -0.140. The number of hydrogen-bond donors (Lipinski definition) is 2. The molecule has 0 saturated heterocycles. The molecule has 7 nitrogen and oxygen atoms in total. The molecule has 2 N–H and O–H groups in total. The summed E-state index contributed by atoms with van der Waals surface area (Å²) in [6.07, 6.45) is 0.772. The lowest BCUT2D eigenvalue weighted by Gasteiger charge is -2.12. The fourth-order valence-corrected chi connectivity index (χ4v) is 1.61. The van der Waals surface area contributed by atoms with Gasteiger partial charge in [0.2, 0.25) is 0 Å². The largest absolute Gasteiger partial charge is 0.497 e. The van der Waals surface area contributed by atoms with Crippen LogP contribution in [0, 0.1) is 0 Å². The molecule has 116 valence electrons. The third-order valence-corrected chi connectivity index (χ3v) is 2.73. The molecule has 1 aromatic rings. The summed E-state index contributed by atoms with van der Waals surface area (Å²) in [4.78, 5) is 22.7. The Hall–Kier alpha value is -2.44. The predicted octanol–water partition coefficient (Wildman–Crippen LogP) is 1.78. The summed E-state index contributed by atoms with van der Waals surface area (Å²) in [6.45, 7) is 0.368. The first-order chi connectivity index (χ1) is 10.1. The minimum absolute atomic E-state index is 0.263. The maximum Gasteiger partial charge on any atom is 0.319 e. The standard InChI is InChI=1S/C14H20N2O5/c1-19-10-6-7-12(20-2)11(9-10)16-14(18)15-8-4-5-13(17)21-3/h6-7,9H,4-5,8H2,1-3H3,(H2,15,16,18). The number of carbonyl (C=O) groups excluding carboxylic acids is 2. The number of nitrogens with one attached hydrogen (secondary N) is 2. The van der Waals surface area contributed by atoms with Crippen LogP contribution in [0.5, 0.6) is 11.5 Å². The van der Waals surface area contributed by atoms with Gasteiger partial charge in [-0.1, -0.05) is 0 Å². The van der Waals surface area contributed by atoms with Crippen molar-refractivity contribution in [3.63, 3.8) is 0 Å². The van der Waals surface area contributed by atoms with Crippen LogP contribution in [0.1, 0.15) is 12.8 Å². The van der Waals surface area contributed by atoms with Crippen molar-refractivity contribution in [2.75, 3.05) is 33.2 Å². The molecule has 0 bridgehead atoms. The van der Waals surface area contributed by atoms with Crippen molar-refractivity contribution >= 4 is 17.7 Å². The van der Waals surface area contributed by atoms with Crippen molar-refractivity contribution in [3.05, 3.63) is 18.2 Å². The Bertz CT molecular complexity index is 490. The highest BCUT2D eigenvalue weighted by atomic mass is 16.5. The van der Waals surface area contributed by atoms with Gasteiger partial charge in [-0.3, -0.25) is 4.79 Å². The number of rotatable bonds is 7. The van der Waals surface area contributed by atoms with E-state index in [9.17, 15) is 9.59 Å². The molecule has 0 radical (unpaired) electrons. The number of ether oxygens (including phenoxy) is 3. The van der Waals surface area contributed by atoms with E-state index in [1.165, 1.54) is 14.2 Å². The van der Waals surface area contributed by atoms with Gasteiger partial charge in [0, 0.05) is 19.0 Å². The van der Waals surface area contributed by atoms with Crippen LogP contribution in [0.15, 0.2) is 18.2 Å². The lowest BCUT2D eigenvalue weighted by Crippen LogP contribution is -2.30. The highest BCUT2D eigenvalue weighted by Crippen LogP contribution is 2.28. The first kappa shape index (κ1) is 16.6. The van der Waals surface area contributed by atoms with Crippen LogP contribution >= 0.6 is 0 Å². The van der Waals surface area contributed by atoms with Crippen molar-refractivity contribution in [1.82, 2.24) is 5.32 Å². The Morgan fingerprint density at radius 1 is 1.14 bits per heavy atom. The zero-order valence-electron chi connectivity index (χ0n) is 12.4. The molecule has 0 spiro atoms. The first-order valence-corrected chi connectivity index (χ1v) is 6.44. The van der Waals surface area contributed by atoms with Crippen LogP contribution in [0.2, 0.25) is 0 Å². The number of hydrogen-bond acceptors (Lipinski definition) is 5. The summed E-state index contributed by atoms with van der Waals surface area (Å²) in [7, 11) is 4.39. The number of urea groups is 1. The van der Waals surface area contributed by atoms with E-state index in [-0.39, 0.29) is 18.4 Å². The molecule has 2 amide bonds. The van der Waals surface area contributed by atoms with Crippen LogP contribution in [0.3, 0.4) is 0 Å². The second-order valence-electron chi connectivity index (χ2n) is 4.13. The molecule has 7 heteroatoms. The molecule has 0 atom stereocenters. The third-order valence-electron chi connectivity index (χ3n) is 2.73. The average Bonchev–Trinajstić information content (AvgIpc) is 2.51. The van der Waals surface area contributed by atoms with Crippen LogP contribution in [-0.2, 0) is 9.53 Å². The Morgan fingerprint density at radius 2 is 1.90 bits per heavy atom. The van der Waals surface area contributed by atoms with Crippen LogP contribution < -0.4 is 20.1 Å². The average molecular weight is 296 g/mol. The third kappa shape index (κ3) is 5.60. The van der Waals surface area contributed by atoms with E-state index in [0.29, 0.717) is 30.2 Å². The maximum absolute atomic E-state index is 11.8. The van der Waals surface area contributed by atoms with E-state index in [1.54, 1.807) is 25.3 Å². The zero-order chi connectivity index (χ0) is 15.7. The first-order valence-electron chi connectivity index (χ1n) is 6.44. The predicted molar refractivity (Wildman–Crippen MR) is 77.8 cm³/mol. The molecule has 1 aromatic carbocycles. The van der Waals surface area contributed by atoms with Gasteiger partial charge < -0.3 is 24.8 Å². The summed E-state index contributed by atoms with van der Waals surface area (Å²) in [5.41, 5.74) is 0.502. The second kappa shape index (κ2) is 8.68. The van der Waals surface area contributed by atoms with Gasteiger partial charge in [-0.2, -0.15) is 0 Å². The fraction of sp³-hybridized carbons (Fsp3) is 0.429. The monoisotopic (exact) mass is 296 g/mol. The number of esters is 1. The highest BCUT2D eigenvalue weighted by molar-refractivity contribution is 5.91. The van der Waals surface area contributed by atoms with Crippen molar-refractivity contribution in [1.29, 1.82) is 0 Å². The van der Waals surface area contributed by atoms with E-state index in [2.05, 4.69) is 15.4 Å². The van der Waals surface area contributed by atoms with Crippen LogP contribution in [-0.4, -0.2) is 39.9 Å². The summed E-state index contributed by atoms with van der Waals surface area (Å²) < 4.78 is 14.8. The van der Waals surface area contributed by atoms with Gasteiger partial charge in [-0.25, -0.2) is 4.79 Å². The molecule has 0 heterocycles. The summed E-state index contributed by atoms with van der Waals surface area (Å²) >= 11 is 0. The fourth-order valence-electron chi connectivity index (χ4n) is 1.61. The van der Waals surface area contributed by atoms with Gasteiger partial charge in [-0.15, -0.1) is 0 Å². The summed E-state index contributed by atoms with van der Waals surface area (Å²) in [6, 6.07) is 4.71. The molecule has 0 fully saturated rings. The van der Waals surface area contributed by atoms with Gasteiger partial charge in [0.1, 0.15) is 11.5 Å². The van der Waals surface area contributed by atoms with Crippen LogP contribution in [0.25, 0.3) is 0 Å². The molecule has 0 aliphatic carbocycles. The van der Waals surface area contributed by atoms with E-state index >= 15 is 0 Å². The van der Waals surface area contributed by atoms with Gasteiger partial charge >= 0.3 is 12.0 Å². The molecule has 1 rings (SSSR count). The second-order valence-corrected chi connectivity index (χ2v) is 4.13. The minimum Gasteiger partial charge on any atom is -0.497 e. The number of carbonyl (C=O) groups is 2. The SMILES string of the molecule is COC(=O)CCCNC(=O)Nc1cc(OC)ccc1OC. The number of amides is 2. The molecule has 0 aromatic heterocycles. The zero-order valence-corrected chi connectivity index (χ0v) is 12.4. The molecule has 21 heavy (non-hydrogen) atoms. The van der Waals surface area contributed by atoms with Gasteiger partial charge in [0.15, 0.2) is 0 Å². The van der Waals surface area contributed by atoms with Crippen LogP contribution in [0.4, 0.5) is 10.5 Å². The number of benzene rings is 1. The topological polar surface area (TPSA) is 85.9 Å². The van der Waals surface area contributed by atoms with E-state index in [1.807, 2.05) is 0 Å². The molecule has 0 unspecified atom stereocenters. The number of anilines is 1. The minimum atomic E-state index is -0.383. The van der Waals surface area contributed by atoms with E-state index in [4.69, 9.17) is 9.47 Å². The smallest absolute Gasteiger partial charge is 0.319 e. The normalized spacial score (nSPS) is 9.67. The van der Waals surface area contributed by atoms with E-state index < -0.39 is 0 Å². The Morgan fingerprint density at radius 3 is 2.52 bits per heavy atom. The van der Waals surface area contributed by atoms with Crippen molar-refractivity contribution in [2.24, 2.45) is 0 Å². The Kier molecular flexibility index (Phi) is 6.86. The van der Waals surface area contributed by atoms with E-state index in [0.717, 1.165) is 0 Å². The van der Waals surface area contributed by atoms with Gasteiger partial charge in [-0.05, 0) is 18.6 Å². The van der Waals surface area contributed by atoms with Crippen molar-refractivity contribution in [2.45, 2.75) is 12.8 Å². The summed E-state index contributed by atoms with van der Waals surface area (Å²) in [5, 5.41) is 5.31. The molecule has 0 aliphatic rings. The van der Waals surface area contributed by atoms with Gasteiger partial charge in [0.25, 0.3) is 0 Å². The van der Waals surface area contributed by atoms with Crippen molar-refractivity contribution < 1.29 is 23.8 Å². The number of methoxy groups -OCH3 is 3. The molecule has 0 saturated carbocycles. The molecular weight excluding hydrogens is 276 g/mol. The lowest BCUT2D eigenvalue weighted by atomic mass is 10.2. The van der Waals surface area contributed by atoms with Crippen molar-refractivity contribution in [3.8, 4) is 11.5 Å². The highest BCUT2D eigenvalue weighted by Gasteiger charge is 2.09. The summed E-state index contributed by atoms with van der Waals surface area (Å²) in [5.74, 6) is 0.837. The molecular formula is C14H20N2O5.